The highest BCUT2D eigenvalue weighted by molar-refractivity contribution is 5.77. The molecular weight excluding hydrogens is 208 g/mol. The molecule has 2 amide bonds. The van der Waals surface area contributed by atoms with Crippen LogP contribution in [-0.4, -0.2) is 38.1 Å². The highest BCUT2D eigenvalue weighted by Crippen LogP contribution is 1.85. The second-order valence-corrected chi connectivity index (χ2v) is 3.59. The van der Waals surface area contributed by atoms with Crippen LogP contribution in [0.2, 0.25) is 0 Å². The van der Waals surface area contributed by atoms with Crippen LogP contribution >= 0.6 is 0 Å². The predicted octanol–water partition coefficient (Wildman–Crippen LogP) is 0.445. The fourth-order valence-corrected chi connectivity index (χ4v) is 1.10. The minimum Gasteiger partial charge on any atom is -0.372 e. The maximum Gasteiger partial charge on any atom is 0.245 e. The van der Waals surface area contributed by atoms with Crippen LogP contribution in [0.5, 0.6) is 0 Å². The van der Waals surface area contributed by atoms with Crippen molar-refractivity contribution in [1.82, 2.24) is 10.6 Å². The molecule has 0 fully saturated rings. The van der Waals surface area contributed by atoms with E-state index in [1.165, 1.54) is 6.92 Å². The molecule has 0 saturated heterocycles. The monoisotopic (exact) mass is 230 g/mol. The Labute approximate surface area is 96.9 Å². The Morgan fingerprint density at radius 3 is 2.31 bits per heavy atom. The van der Waals surface area contributed by atoms with Crippen molar-refractivity contribution in [1.29, 1.82) is 0 Å². The largest absolute Gasteiger partial charge is 0.372 e. The molecule has 5 heteroatoms. The molecular formula is C11H22N2O3. The highest BCUT2D eigenvalue weighted by Gasteiger charge is 1.99. The second-order valence-electron chi connectivity index (χ2n) is 3.59. The van der Waals surface area contributed by atoms with E-state index in [9.17, 15) is 9.59 Å². The third-order valence-electron chi connectivity index (χ3n) is 1.88. The number of carbonyl (C=O) groups is 2. The summed E-state index contributed by atoms with van der Waals surface area (Å²) in [6.45, 7) is 5.55. The summed E-state index contributed by atoms with van der Waals surface area (Å²) in [6, 6.07) is 0. The standard InChI is InChI=1S/C11H22N2O3/c1-3-8-16-9-11(15)13-7-5-4-6-12-10(2)14/h3-9H2,1-2H3,(H,12,14)(H,13,15). The van der Waals surface area contributed by atoms with Gasteiger partial charge in [-0.2, -0.15) is 0 Å². The van der Waals surface area contributed by atoms with Gasteiger partial charge < -0.3 is 15.4 Å². The molecule has 0 aliphatic rings. The molecule has 2 N–H and O–H groups in total. The summed E-state index contributed by atoms with van der Waals surface area (Å²) in [5.41, 5.74) is 0. The lowest BCUT2D eigenvalue weighted by atomic mass is 10.3. The van der Waals surface area contributed by atoms with Gasteiger partial charge in [0.1, 0.15) is 6.61 Å². The van der Waals surface area contributed by atoms with Gasteiger partial charge in [-0.05, 0) is 19.3 Å². The Balaban J connectivity index is 3.18. The van der Waals surface area contributed by atoms with E-state index in [0.717, 1.165) is 19.3 Å². The lowest BCUT2D eigenvalue weighted by Crippen LogP contribution is -2.29. The van der Waals surface area contributed by atoms with Crippen LogP contribution in [0.15, 0.2) is 0 Å². The molecule has 0 aromatic heterocycles. The average Bonchev–Trinajstić information content (AvgIpc) is 2.23. The van der Waals surface area contributed by atoms with E-state index in [1.807, 2.05) is 6.92 Å². The summed E-state index contributed by atoms with van der Waals surface area (Å²) >= 11 is 0. The first kappa shape index (κ1) is 14.9. The zero-order valence-electron chi connectivity index (χ0n) is 10.2. The van der Waals surface area contributed by atoms with E-state index in [1.54, 1.807) is 0 Å². The topological polar surface area (TPSA) is 67.4 Å². The molecule has 94 valence electrons. The van der Waals surface area contributed by atoms with Crippen molar-refractivity contribution in [2.45, 2.75) is 33.1 Å². The summed E-state index contributed by atoms with van der Waals surface area (Å²) in [4.78, 5) is 21.7. The normalized spacial score (nSPS) is 9.88. The molecule has 0 saturated carbocycles. The zero-order chi connectivity index (χ0) is 12.2. The Kier molecular flexibility index (Phi) is 9.70. The van der Waals surface area contributed by atoms with Gasteiger partial charge in [0, 0.05) is 26.6 Å². The average molecular weight is 230 g/mol. The van der Waals surface area contributed by atoms with Crippen molar-refractivity contribution >= 4 is 11.8 Å². The molecule has 0 bridgehead atoms. The van der Waals surface area contributed by atoms with Gasteiger partial charge in [0.05, 0.1) is 0 Å². The lowest BCUT2D eigenvalue weighted by Gasteiger charge is -2.05. The number of ether oxygens (including phenoxy) is 1. The van der Waals surface area contributed by atoms with Crippen LogP contribution in [0.4, 0.5) is 0 Å². The third-order valence-corrected chi connectivity index (χ3v) is 1.88. The molecule has 0 aromatic rings. The molecule has 0 aliphatic carbocycles. The number of nitrogens with one attached hydrogen (secondary N) is 2. The van der Waals surface area contributed by atoms with Gasteiger partial charge in [-0.1, -0.05) is 6.92 Å². The SMILES string of the molecule is CCCOCC(=O)NCCCCNC(C)=O. The Bertz CT molecular complexity index is 207. The van der Waals surface area contributed by atoms with Gasteiger partial charge in [-0.25, -0.2) is 0 Å². The fraction of sp³-hybridized carbons (Fsp3) is 0.818. The molecule has 0 rings (SSSR count). The van der Waals surface area contributed by atoms with E-state index in [0.29, 0.717) is 19.7 Å². The van der Waals surface area contributed by atoms with E-state index < -0.39 is 0 Å². The second kappa shape index (κ2) is 10.4. The molecule has 0 heterocycles. The number of hydrogen-bond acceptors (Lipinski definition) is 3. The molecule has 16 heavy (non-hydrogen) atoms. The first-order valence-electron chi connectivity index (χ1n) is 5.75. The number of carbonyl (C=O) groups excluding carboxylic acids is 2. The van der Waals surface area contributed by atoms with Crippen molar-refractivity contribution < 1.29 is 14.3 Å². The van der Waals surface area contributed by atoms with Crippen LogP contribution in [-0.2, 0) is 14.3 Å². The molecule has 0 spiro atoms. The highest BCUT2D eigenvalue weighted by atomic mass is 16.5. The molecule has 0 aliphatic heterocycles. The zero-order valence-corrected chi connectivity index (χ0v) is 10.2. The van der Waals surface area contributed by atoms with Crippen molar-refractivity contribution in [3.63, 3.8) is 0 Å². The molecule has 0 aromatic carbocycles. The van der Waals surface area contributed by atoms with Crippen LogP contribution < -0.4 is 10.6 Å². The number of unbranched alkanes of at least 4 members (excludes halogenated alkanes) is 1. The maximum absolute atomic E-state index is 11.2. The van der Waals surface area contributed by atoms with Crippen LogP contribution in [0, 0.1) is 0 Å². The van der Waals surface area contributed by atoms with Gasteiger partial charge in [0.25, 0.3) is 0 Å². The minimum absolute atomic E-state index is 0.0167. The number of amides is 2. The Morgan fingerprint density at radius 1 is 1.12 bits per heavy atom. The van der Waals surface area contributed by atoms with Crippen LogP contribution in [0.25, 0.3) is 0 Å². The van der Waals surface area contributed by atoms with Crippen molar-refractivity contribution in [3.8, 4) is 0 Å². The smallest absolute Gasteiger partial charge is 0.245 e. The first-order valence-corrected chi connectivity index (χ1v) is 5.75. The van der Waals surface area contributed by atoms with E-state index in [2.05, 4.69) is 10.6 Å². The molecule has 0 atom stereocenters. The summed E-state index contributed by atoms with van der Waals surface area (Å²) in [6.07, 6.45) is 2.65. The van der Waals surface area contributed by atoms with Crippen LogP contribution in [0.3, 0.4) is 0 Å². The van der Waals surface area contributed by atoms with Gasteiger partial charge >= 0.3 is 0 Å². The van der Waals surface area contributed by atoms with Crippen LogP contribution in [0.1, 0.15) is 33.1 Å². The van der Waals surface area contributed by atoms with E-state index >= 15 is 0 Å². The van der Waals surface area contributed by atoms with E-state index in [4.69, 9.17) is 4.74 Å². The van der Waals surface area contributed by atoms with E-state index in [-0.39, 0.29) is 18.4 Å². The lowest BCUT2D eigenvalue weighted by molar-refractivity contribution is -0.125. The Morgan fingerprint density at radius 2 is 1.75 bits per heavy atom. The fourth-order valence-electron chi connectivity index (χ4n) is 1.10. The summed E-state index contributed by atoms with van der Waals surface area (Å²) < 4.78 is 5.09. The van der Waals surface area contributed by atoms with Gasteiger partial charge in [0.2, 0.25) is 11.8 Å². The molecule has 0 unspecified atom stereocenters. The minimum atomic E-state index is -0.0759. The van der Waals surface area contributed by atoms with Crippen molar-refractivity contribution in [2.24, 2.45) is 0 Å². The summed E-state index contributed by atoms with van der Waals surface area (Å²) in [5.74, 6) is -0.0926. The van der Waals surface area contributed by atoms with Gasteiger partial charge in [-0.3, -0.25) is 9.59 Å². The number of hydrogen-bond donors (Lipinski definition) is 2. The molecule has 0 radical (unpaired) electrons. The summed E-state index contributed by atoms with van der Waals surface area (Å²) in [5, 5.41) is 5.45. The summed E-state index contributed by atoms with van der Waals surface area (Å²) in [7, 11) is 0. The van der Waals surface area contributed by atoms with Gasteiger partial charge in [-0.15, -0.1) is 0 Å². The number of rotatable bonds is 9. The Hall–Kier alpha value is -1.10. The molecule has 5 nitrogen and oxygen atoms in total. The predicted molar refractivity (Wildman–Crippen MR) is 62.0 cm³/mol. The van der Waals surface area contributed by atoms with Crippen molar-refractivity contribution in [3.05, 3.63) is 0 Å². The quantitative estimate of drug-likeness (QED) is 0.565. The first-order chi connectivity index (χ1) is 7.66. The third kappa shape index (κ3) is 11.0. The maximum atomic E-state index is 11.2. The van der Waals surface area contributed by atoms with Crippen molar-refractivity contribution in [2.75, 3.05) is 26.3 Å². The van der Waals surface area contributed by atoms with Gasteiger partial charge in [0.15, 0.2) is 0 Å².